The molecule has 0 fully saturated rings. The summed E-state index contributed by atoms with van der Waals surface area (Å²) in [5, 5.41) is 2.75. The highest BCUT2D eigenvalue weighted by molar-refractivity contribution is 5.75. The van der Waals surface area contributed by atoms with Gasteiger partial charge in [-0.2, -0.15) is 0 Å². The van der Waals surface area contributed by atoms with Gasteiger partial charge in [-0.1, -0.05) is 19.1 Å². The summed E-state index contributed by atoms with van der Waals surface area (Å²) in [5.41, 5.74) is 7.03. The number of hydrogen-bond donors (Lipinski definition) is 2. The topological polar surface area (TPSA) is 73.6 Å². The minimum absolute atomic E-state index is 0.0146. The number of benzene rings is 1. The highest BCUT2D eigenvalue weighted by Crippen LogP contribution is 2.32. The van der Waals surface area contributed by atoms with E-state index in [0.717, 1.165) is 18.4 Å². The summed E-state index contributed by atoms with van der Waals surface area (Å²) < 4.78 is 11.1. The molecule has 0 heterocycles. The molecular formula is C16H26N2O3. The highest BCUT2D eigenvalue weighted by Gasteiger charge is 2.13. The Hall–Kier alpha value is -1.75. The molecule has 0 spiro atoms. The van der Waals surface area contributed by atoms with Crippen LogP contribution in [0.5, 0.6) is 11.5 Å². The van der Waals surface area contributed by atoms with Crippen molar-refractivity contribution < 1.29 is 14.3 Å². The van der Waals surface area contributed by atoms with E-state index >= 15 is 0 Å². The van der Waals surface area contributed by atoms with Crippen LogP contribution < -0.4 is 20.5 Å². The molecule has 1 atom stereocenters. The Kier molecular flexibility index (Phi) is 7.61. The van der Waals surface area contributed by atoms with Crippen LogP contribution in [-0.4, -0.2) is 32.2 Å². The second-order valence-electron chi connectivity index (χ2n) is 4.87. The van der Waals surface area contributed by atoms with Gasteiger partial charge < -0.3 is 20.5 Å². The van der Waals surface area contributed by atoms with Crippen LogP contribution in [0.15, 0.2) is 18.2 Å². The van der Waals surface area contributed by atoms with E-state index in [2.05, 4.69) is 12.2 Å². The Labute approximate surface area is 126 Å². The van der Waals surface area contributed by atoms with Gasteiger partial charge >= 0.3 is 0 Å². The Balaban J connectivity index is 2.75. The van der Waals surface area contributed by atoms with Crippen LogP contribution in [0.3, 0.4) is 0 Å². The molecule has 3 N–H and O–H groups in total. The van der Waals surface area contributed by atoms with Crippen LogP contribution in [0.25, 0.3) is 0 Å². The van der Waals surface area contributed by atoms with Gasteiger partial charge in [0.2, 0.25) is 5.91 Å². The van der Waals surface area contributed by atoms with E-state index in [1.54, 1.807) is 7.11 Å². The van der Waals surface area contributed by atoms with E-state index < -0.39 is 0 Å². The first-order chi connectivity index (χ1) is 10.1. The maximum Gasteiger partial charge on any atom is 0.223 e. The zero-order valence-electron chi connectivity index (χ0n) is 13.1. The Morgan fingerprint density at radius 1 is 1.38 bits per heavy atom. The van der Waals surface area contributed by atoms with Crippen LogP contribution in [0, 0.1) is 0 Å². The smallest absolute Gasteiger partial charge is 0.223 e. The molecule has 1 aromatic carbocycles. The Morgan fingerprint density at radius 2 is 2.14 bits per heavy atom. The molecule has 0 aliphatic carbocycles. The predicted octanol–water partition coefficient (Wildman–Crippen LogP) is 1.88. The van der Waals surface area contributed by atoms with E-state index in [4.69, 9.17) is 15.2 Å². The zero-order valence-corrected chi connectivity index (χ0v) is 13.1. The molecule has 0 aliphatic rings. The average molecular weight is 294 g/mol. The van der Waals surface area contributed by atoms with Gasteiger partial charge in [-0.25, -0.2) is 0 Å². The summed E-state index contributed by atoms with van der Waals surface area (Å²) in [5.74, 6) is 1.35. The summed E-state index contributed by atoms with van der Waals surface area (Å²) in [6.07, 6.45) is 1.95. The van der Waals surface area contributed by atoms with Crippen molar-refractivity contribution in [3.05, 3.63) is 23.8 Å². The average Bonchev–Trinajstić information content (AvgIpc) is 2.48. The third-order valence-corrected chi connectivity index (χ3v) is 3.24. The van der Waals surface area contributed by atoms with Gasteiger partial charge in [0.15, 0.2) is 11.5 Å². The van der Waals surface area contributed by atoms with Crippen molar-refractivity contribution in [3.8, 4) is 11.5 Å². The van der Waals surface area contributed by atoms with Gasteiger partial charge in [-0.3, -0.25) is 4.79 Å². The fraction of sp³-hybridized carbons (Fsp3) is 0.562. The molecule has 0 bridgehead atoms. The number of para-hydroxylation sites is 1. The quantitative estimate of drug-likeness (QED) is 0.729. The van der Waals surface area contributed by atoms with Crippen molar-refractivity contribution in [1.82, 2.24) is 5.32 Å². The molecule has 0 radical (unpaired) electrons. The summed E-state index contributed by atoms with van der Waals surface area (Å²) in [7, 11) is 1.61. The van der Waals surface area contributed by atoms with Gasteiger partial charge in [0.1, 0.15) is 0 Å². The molecule has 1 amide bonds. The second-order valence-corrected chi connectivity index (χ2v) is 4.87. The third-order valence-electron chi connectivity index (χ3n) is 3.24. The molecule has 1 unspecified atom stereocenters. The fourth-order valence-corrected chi connectivity index (χ4v) is 2.00. The van der Waals surface area contributed by atoms with Crippen LogP contribution in [-0.2, 0) is 11.2 Å². The number of methoxy groups -OCH3 is 1. The number of nitrogens with one attached hydrogen (secondary N) is 1. The van der Waals surface area contributed by atoms with Crippen molar-refractivity contribution in [1.29, 1.82) is 0 Å². The zero-order chi connectivity index (χ0) is 15.7. The fourth-order valence-electron chi connectivity index (χ4n) is 2.00. The standard InChI is InChI=1S/C16H26N2O3/c1-4-13(17)11-12-7-6-8-14(20-3)16(12)21-10-9-15(19)18-5-2/h6-8,13H,4-5,9-11,17H2,1-3H3,(H,18,19). The van der Waals surface area contributed by atoms with Crippen LogP contribution in [0.2, 0.25) is 0 Å². The van der Waals surface area contributed by atoms with Gasteiger partial charge in [-0.05, 0) is 31.4 Å². The monoisotopic (exact) mass is 294 g/mol. The molecule has 0 saturated heterocycles. The van der Waals surface area contributed by atoms with E-state index in [9.17, 15) is 4.79 Å². The van der Waals surface area contributed by atoms with Gasteiger partial charge in [0, 0.05) is 12.6 Å². The number of amides is 1. The second kappa shape index (κ2) is 9.23. The molecule has 0 aromatic heterocycles. The summed E-state index contributed by atoms with van der Waals surface area (Å²) >= 11 is 0. The van der Waals surface area contributed by atoms with Crippen LogP contribution in [0.1, 0.15) is 32.3 Å². The Bertz CT molecular complexity index is 449. The SMILES string of the molecule is CCNC(=O)CCOc1c(CC(N)CC)cccc1OC. The first-order valence-electron chi connectivity index (χ1n) is 7.43. The molecule has 1 rings (SSSR count). The van der Waals surface area contributed by atoms with E-state index in [-0.39, 0.29) is 11.9 Å². The molecule has 0 aliphatic heterocycles. The summed E-state index contributed by atoms with van der Waals surface area (Å²) in [4.78, 5) is 11.5. The number of ether oxygens (including phenoxy) is 2. The lowest BCUT2D eigenvalue weighted by Gasteiger charge is -2.17. The highest BCUT2D eigenvalue weighted by atomic mass is 16.5. The molecule has 21 heavy (non-hydrogen) atoms. The lowest BCUT2D eigenvalue weighted by molar-refractivity contribution is -0.121. The lowest BCUT2D eigenvalue weighted by Crippen LogP contribution is -2.25. The van der Waals surface area contributed by atoms with Gasteiger partial charge in [-0.15, -0.1) is 0 Å². The van der Waals surface area contributed by atoms with Crippen LogP contribution >= 0.6 is 0 Å². The summed E-state index contributed by atoms with van der Waals surface area (Å²) in [6.45, 7) is 4.90. The van der Waals surface area contributed by atoms with Gasteiger partial charge in [0.25, 0.3) is 0 Å². The van der Waals surface area contributed by atoms with Crippen LogP contribution in [0.4, 0.5) is 0 Å². The number of carbonyl (C=O) groups is 1. The normalized spacial score (nSPS) is 11.8. The first-order valence-corrected chi connectivity index (χ1v) is 7.43. The van der Waals surface area contributed by atoms with Crippen molar-refractivity contribution >= 4 is 5.91 Å². The third kappa shape index (κ3) is 5.63. The van der Waals surface area contributed by atoms with E-state index in [0.29, 0.717) is 31.1 Å². The number of nitrogens with two attached hydrogens (primary N) is 1. The van der Waals surface area contributed by atoms with Crippen molar-refractivity contribution in [2.75, 3.05) is 20.3 Å². The van der Waals surface area contributed by atoms with E-state index in [1.807, 2.05) is 25.1 Å². The minimum Gasteiger partial charge on any atom is -0.493 e. The van der Waals surface area contributed by atoms with E-state index in [1.165, 1.54) is 0 Å². The number of rotatable bonds is 9. The molecule has 5 heteroatoms. The predicted molar refractivity (Wildman–Crippen MR) is 83.8 cm³/mol. The minimum atomic E-state index is -0.0146. The molecule has 5 nitrogen and oxygen atoms in total. The lowest BCUT2D eigenvalue weighted by atomic mass is 10.0. The van der Waals surface area contributed by atoms with Crippen molar-refractivity contribution in [3.63, 3.8) is 0 Å². The molecular weight excluding hydrogens is 268 g/mol. The molecule has 118 valence electrons. The first kappa shape index (κ1) is 17.3. The van der Waals surface area contributed by atoms with Gasteiger partial charge in [0.05, 0.1) is 20.1 Å². The Morgan fingerprint density at radius 3 is 2.76 bits per heavy atom. The molecule has 0 saturated carbocycles. The number of carbonyl (C=O) groups excluding carboxylic acids is 1. The largest absolute Gasteiger partial charge is 0.493 e. The maximum atomic E-state index is 11.5. The van der Waals surface area contributed by atoms with Crippen molar-refractivity contribution in [2.24, 2.45) is 5.73 Å². The molecule has 1 aromatic rings. The number of hydrogen-bond acceptors (Lipinski definition) is 4. The maximum absolute atomic E-state index is 11.5. The summed E-state index contributed by atoms with van der Waals surface area (Å²) in [6, 6.07) is 5.84. The van der Waals surface area contributed by atoms with Crippen molar-refractivity contribution in [2.45, 2.75) is 39.2 Å².